The number of rotatable bonds is 6. The molecule has 0 aliphatic rings. The fraction of sp³-hybridized carbons (Fsp3) is 0.294. The van der Waals surface area contributed by atoms with Gasteiger partial charge < -0.3 is 14.8 Å². The first-order valence-corrected chi connectivity index (χ1v) is 7.00. The molecule has 0 aliphatic heterocycles. The molecule has 0 spiro atoms. The highest BCUT2D eigenvalue weighted by atomic mass is 19.1. The lowest BCUT2D eigenvalue weighted by atomic mass is 10.1. The zero-order valence-electron chi connectivity index (χ0n) is 12.5. The number of benzene rings is 2. The fourth-order valence-corrected chi connectivity index (χ4v) is 2.20. The SMILES string of the molecule is CCNC(C)c1cccc(F)c1Oc1ccccc1OC. The van der Waals surface area contributed by atoms with Crippen molar-refractivity contribution in [3.8, 4) is 17.2 Å². The normalized spacial score (nSPS) is 12.0. The summed E-state index contributed by atoms with van der Waals surface area (Å²) in [5, 5.41) is 3.27. The largest absolute Gasteiger partial charge is 0.493 e. The number of methoxy groups -OCH3 is 1. The molecule has 0 saturated carbocycles. The van der Waals surface area contributed by atoms with Crippen molar-refractivity contribution in [2.24, 2.45) is 0 Å². The van der Waals surface area contributed by atoms with Gasteiger partial charge in [-0.05, 0) is 31.7 Å². The number of hydrogen-bond donors (Lipinski definition) is 1. The van der Waals surface area contributed by atoms with Crippen LogP contribution in [0.1, 0.15) is 25.5 Å². The molecule has 0 aromatic heterocycles. The van der Waals surface area contributed by atoms with E-state index < -0.39 is 0 Å². The molecule has 1 atom stereocenters. The lowest BCUT2D eigenvalue weighted by Crippen LogP contribution is -2.18. The number of halogens is 1. The van der Waals surface area contributed by atoms with Gasteiger partial charge in [0.15, 0.2) is 23.1 Å². The first-order valence-electron chi connectivity index (χ1n) is 7.00. The Hall–Kier alpha value is -2.07. The van der Waals surface area contributed by atoms with Crippen molar-refractivity contribution >= 4 is 0 Å². The highest BCUT2D eigenvalue weighted by Gasteiger charge is 2.17. The summed E-state index contributed by atoms with van der Waals surface area (Å²) in [5.74, 6) is 0.913. The van der Waals surface area contributed by atoms with Crippen LogP contribution in [-0.2, 0) is 0 Å². The topological polar surface area (TPSA) is 30.5 Å². The van der Waals surface area contributed by atoms with Gasteiger partial charge in [0.1, 0.15) is 0 Å². The van der Waals surface area contributed by atoms with Crippen LogP contribution in [0.15, 0.2) is 42.5 Å². The molecule has 2 aromatic carbocycles. The van der Waals surface area contributed by atoms with Crippen molar-refractivity contribution in [3.05, 3.63) is 53.8 Å². The molecule has 0 fully saturated rings. The van der Waals surface area contributed by atoms with Gasteiger partial charge in [-0.2, -0.15) is 0 Å². The van der Waals surface area contributed by atoms with E-state index >= 15 is 0 Å². The van der Waals surface area contributed by atoms with Crippen LogP contribution in [0.3, 0.4) is 0 Å². The third-order valence-electron chi connectivity index (χ3n) is 3.26. The Bertz CT molecular complexity index is 601. The fourth-order valence-electron chi connectivity index (χ4n) is 2.20. The molecule has 0 radical (unpaired) electrons. The molecular weight excluding hydrogens is 269 g/mol. The third kappa shape index (κ3) is 3.52. The monoisotopic (exact) mass is 289 g/mol. The minimum atomic E-state index is -0.386. The van der Waals surface area contributed by atoms with E-state index in [9.17, 15) is 4.39 Å². The molecule has 2 rings (SSSR count). The molecule has 112 valence electrons. The maximum Gasteiger partial charge on any atom is 0.169 e. The summed E-state index contributed by atoms with van der Waals surface area (Å²) in [6, 6.07) is 12.1. The summed E-state index contributed by atoms with van der Waals surface area (Å²) in [4.78, 5) is 0. The Labute approximate surface area is 124 Å². The van der Waals surface area contributed by atoms with E-state index in [4.69, 9.17) is 9.47 Å². The molecule has 0 heterocycles. The minimum absolute atomic E-state index is 0.00425. The van der Waals surface area contributed by atoms with Gasteiger partial charge in [-0.15, -0.1) is 0 Å². The molecule has 4 heteroatoms. The van der Waals surface area contributed by atoms with Crippen molar-refractivity contribution in [3.63, 3.8) is 0 Å². The Morgan fingerprint density at radius 3 is 2.48 bits per heavy atom. The second-order valence-corrected chi connectivity index (χ2v) is 4.69. The molecule has 0 amide bonds. The van der Waals surface area contributed by atoms with Crippen molar-refractivity contribution in [1.29, 1.82) is 0 Å². The van der Waals surface area contributed by atoms with E-state index in [-0.39, 0.29) is 17.6 Å². The molecule has 0 aliphatic carbocycles. The summed E-state index contributed by atoms with van der Waals surface area (Å²) < 4.78 is 25.2. The van der Waals surface area contributed by atoms with E-state index in [0.29, 0.717) is 11.5 Å². The third-order valence-corrected chi connectivity index (χ3v) is 3.26. The summed E-state index contributed by atoms with van der Waals surface area (Å²) in [5.41, 5.74) is 0.780. The van der Waals surface area contributed by atoms with E-state index in [1.165, 1.54) is 6.07 Å². The smallest absolute Gasteiger partial charge is 0.169 e. The van der Waals surface area contributed by atoms with Gasteiger partial charge >= 0.3 is 0 Å². The number of para-hydroxylation sites is 3. The summed E-state index contributed by atoms with van der Waals surface area (Å²) in [6.07, 6.45) is 0. The Balaban J connectivity index is 2.39. The predicted molar refractivity (Wildman–Crippen MR) is 81.6 cm³/mol. The van der Waals surface area contributed by atoms with Crippen LogP contribution in [0, 0.1) is 5.82 Å². The van der Waals surface area contributed by atoms with Gasteiger partial charge in [-0.3, -0.25) is 0 Å². The molecule has 1 N–H and O–H groups in total. The highest BCUT2D eigenvalue weighted by Crippen LogP contribution is 2.36. The molecule has 21 heavy (non-hydrogen) atoms. The summed E-state index contributed by atoms with van der Waals surface area (Å²) in [6.45, 7) is 4.79. The zero-order chi connectivity index (χ0) is 15.2. The van der Waals surface area contributed by atoms with Crippen molar-refractivity contribution in [2.45, 2.75) is 19.9 Å². The standard InChI is InChI=1S/C17H20FNO2/c1-4-19-12(2)13-8-7-9-14(18)17(13)21-16-11-6-5-10-15(16)20-3/h5-12,19H,4H2,1-3H3. The van der Waals surface area contributed by atoms with Crippen LogP contribution in [0.25, 0.3) is 0 Å². The van der Waals surface area contributed by atoms with Gasteiger partial charge in [-0.25, -0.2) is 4.39 Å². The minimum Gasteiger partial charge on any atom is -0.493 e. The first kappa shape index (κ1) is 15.3. The van der Waals surface area contributed by atoms with Crippen molar-refractivity contribution in [1.82, 2.24) is 5.32 Å². The molecule has 3 nitrogen and oxygen atoms in total. The molecule has 0 bridgehead atoms. The predicted octanol–water partition coefficient (Wildman–Crippen LogP) is 4.30. The van der Waals surface area contributed by atoms with E-state index in [1.54, 1.807) is 25.3 Å². The number of ether oxygens (including phenoxy) is 2. The van der Waals surface area contributed by atoms with Gasteiger partial charge in [0, 0.05) is 11.6 Å². The molecule has 0 saturated heterocycles. The average Bonchev–Trinajstić information content (AvgIpc) is 2.50. The molecular formula is C17H20FNO2. The Kier molecular flexibility index (Phi) is 5.17. The number of hydrogen-bond acceptors (Lipinski definition) is 3. The number of nitrogens with one attached hydrogen (secondary N) is 1. The van der Waals surface area contributed by atoms with Gasteiger partial charge in [0.25, 0.3) is 0 Å². The van der Waals surface area contributed by atoms with Crippen LogP contribution in [0.2, 0.25) is 0 Å². The van der Waals surface area contributed by atoms with Crippen molar-refractivity contribution < 1.29 is 13.9 Å². The van der Waals surface area contributed by atoms with Gasteiger partial charge in [0.2, 0.25) is 0 Å². The molecule has 2 aromatic rings. The molecule has 1 unspecified atom stereocenters. The highest BCUT2D eigenvalue weighted by molar-refractivity contribution is 5.46. The van der Waals surface area contributed by atoms with Crippen LogP contribution < -0.4 is 14.8 Å². The first-order chi connectivity index (χ1) is 10.2. The second-order valence-electron chi connectivity index (χ2n) is 4.69. The lowest BCUT2D eigenvalue weighted by Gasteiger charge is -2.18. The quantitative estimate of drug-likeness (QED) is 0.860. The average molecular weight is 289 g/mol. The van der Waals surface area contributed by atoms with E-state index in [2.05, 4.69) is 5.32 Å². The Morgan fingerprint density at radius 2 is 1.81 bits per heavy atom. The lowest BCUT2D eigenvalue weighted by molar-refractivity contribution is 0.366. The zero-order valence-corrected chi connectivity index (χ0v) is 12.5. The van der Waals surface area contributed by atoms with Crippen molar-refractivity contribution in [2.75, 3.05) is 13.7 Å². The summed E-state index contributed by atoms with van der Waals surface area (Å²) in [7, 11) is 1.56. The van der Waals surface area contributed by atoms with Gasteiger partial charge in [0.05, 0.1) is 7.11 Å². The van der Waals surface area contributed by atoms with Crippen LogP contribution >= 0.6 is 0 Å². The maximum atomic E-state index is 14.2. The maximum absolute atomic E-state index is 14.2. The van der Waals surface area contributed by atoms with E-state index in [1.807, 2.05) is 32.0 Å². The van der Waals surface area contributed by atoms with Crippen LogP contribution in [0.4, 0.5) is 4.39 Å². The summed E-state index contributed by atoms with van der Waals surface area (Å²) >= 11 is 0. The van der Waals surface area contributed by atoms with Gasteiger partial charge in [-0.1, -0.05) is 31.2 Å². The van der Waals surface area contributed by atoms with Crippen LogP contribution in [0.5, 0.6) is 17.2 Å². The second kappa shape index (κ2) is 7.09. The Morgan fingerprint density at radius 1 is 1.10 bits per heavy atom. The van der Waals surface area contributed by atoms with E-state index in [0.717, 1.165) is 12.1 Å². The van der Waals surface area contributed by atoms with Crippen LogP contribution in [-0.4, -0.2) is 13.7 Å².